The Bertz CT molecular complexity index is 1410. The van der Waals surface area contributed by atoms with Crippen LogP contribution >= 0.6 is 11.3 Å². The van der Waals surface area contributed by atoms with Crippen LogP contribution in [0, 0.1) is 0 Å². The molecule has 2 aromatic heterocycles. The minimum absolute atomic E-state index is 0.0978. The van der Waals surface area contributed by atoms with E-state index in [1.807, 2.05) is 35.4 Å². The Balaban J connectivity index is 1.36. The van der Waals surface area contributed by atoms with Crippen molar-refractivity contribution in [3.05, 3.63) is 108 Å². The molecule has 3 aromatic carbocycles. The smallest absolute Gasteiger partial charge is 0.264 e. The lowest BCUT2D eigenvalue weighted by molar-refractivity contribution is 0.0756. The van der Waals surface area contributed by atoms with Crippen molar-refractivity contribution in [2.24, 2.45) is 0 Å². The summed E-state index contributed by atoms with van der Waals surface area (Å²) in [5, 5.41) is 1.12. The van der Waals surface area contributed by atoms with Crippen LogP contribution in [0.3, 0.4) is 0 Å². The standard InChI is InChI=1S/C28H24N4OS/c33-28(27-15-22-8-4-5-9-26(22)34-27)32-13-12-31(18-24-16-29-19-30-24)25-11-10-21(14-23(25)17-32)20-6-2-1-3-7-20/h1-11,14-16,19H,12-13,17-18H2,(H,29,30). The monoisotopic (exact) mass is 464 g/mol. The highest BCUT2D eigenvalue weighted by Gasteiger charge is 2.25. The van der Waals surface area contributed by atoms with Crippen molar-refractivity contribution in [2.45, 2.75) is 13.1 Å². The number of fused-ring (bicyclic) bond motifs is 2. The fourth-order valence-corrected chi connectivity index (χ4v) is 5.67. The summed E-state index contributed by atoms with van der Waals surface area (Å²) in [6, 6.07) is 27.2. The fourth-order valence-electron chi connectivity index (χ4n) is 4.63. The predicted octanol–water partition coefficient (Wildman–Crippen LogP) is 5.95. The Labute approximate surface area is 202 Å². The van der Waals surface area contributed by atoms with Gasteiger partial charge in [-0.25, -0.2) is 4.98 Å². The molecule has 3 heterocycles. The average molecular weight is 465 g/mol. The molecule has 1 N–H and O–H groups in total. The lowest BCUT2D eigenvalue weighted by Crippen LogP contribution is -2.35. The second-order valence-corrected chi connectivity index (χ2v) is 9.67. The number of nitrogens with one attached hydrogen (secondary N) is 1. The molecule has 0 unspecified atom stereocenters. The van der Waals surface area contributed by atoms with Gasteiger partial charge in [0.2, 0.25) is 0 Å². The lowest BCUT2D eigenvalue weighted by atomic mass is 10.0. The Kier molecular flexibility index (Phi) is 5.35. The molecule has 0 fully saturated rings. The molecule has 1 aliphatic heterocycles. The number of H-pyrrole nitrogens is 1. The number of carbonyl (C=O) groups is 1. The molecule has 0 bridgehead atoms. The van der Waals surface area contributed by atoms with Gasteiger partial charge < -0.3 is 14.8 Å². The van der Waals surface area contributed by atoms with Crippen LogP contribution < -0.4 is 4.90 Å². The van der Waals surface area contributed by atoms with Crippen LogP contribution in [0.25, 0.3) is 21.2 Å². The van der Waals surface area contributed by atoms with E-state index in [-0.39, 0.29) is 5.91 Å². The molecule has 6 heteroatoms. The zero-order valence-electron chi connectivity index (χ0n) is 18.6. The zero-order valence-corrected chi connectivity index (χ0v) is 19.5. The topological polar surface area (TPSA) is 52.2 Å². The van der Waals surface area contributed by atoms with Crippen molar-refractivity contribution < 1.29 is 4.79 Å². The number of nitrogens with zero attached hydrogens (tertiary/aromatic N) is 3. The van der Waals surface area contributed by atoms with Crippen molar-refractivity contribution in [1.82, 2.24) is 14.9 Å². The number of thiophene rings is 1. The van der Waals surface area contributed by atoms with Crippen LogP contribution in [-0.4, -0.2) is 33.9 Å². The maximum absolute atomic E-state index is 13.6. The molecular formula is C28H24N4OS. The number of amides is 1. The number of carbonyl (C=O) groups excluding carboxylic acids is 1. The first kappa shape index (κ1) is 20.7. The maximum atomic E-state index is 13.6. The van der Waals surface area contributed by atoms with Crippen LogP contribution in [0.1, 0.15) is 20.9 Å². The number of imidazole rings is 1. The molecule has 6 rings (SSSR count). The van der Waals surface area contributed by atoms with Gasteiger partial charge >= 0.3 is 0 Å². The zero-order chi connectivity index (χ0) is 22.9. The molecule has 0 radical (unpaired) electrons. The van der Waals surface area contributed by atoms with Crippen LogP contribution in [0.5, 0.6) is 0 Å². The Morgan fingerprint density at radius 2 is 1.79 bits per heavy atom. The van der Waals surface area contributed by atoms with Gasteiger partial charge in [-0.3, -0.25) is 4.79 Å². The largest absolute Gasteiger partial charge is 0.364 e. The van der Waals surface area contributed by atoms with E-state index in [0.717, 1.165) is 44.9 Å². The molecule has 0 saturated heterocycles. The van der Waals surface area contributed by atoms with Gasteiger partial charge in [0.15, 0.2) is 0 Å². The van der Waals surface area contributed by atoms with Crippen molar-refractivity contribution in [3.8, 4) is 11.1 Å². The summed E-state index contributed by atoms with van der Waals surface area (Å²) in [5.74, 6) is 0.0978. The molecule has 0 spiro atoms. The van der Waals surface area contributed by atoms with Gasteiger partial charge in [-0.1, -0.05) is 54.6 Å². The molecule has 1 amide bonds. The van der Waals surface area contributed by atoms with Crippen LogP contribution in [0.15, 0.2) is 91.4 Å². The Morgan fingerprint density at radius 1 is 0.941 bits per heavy atom. The predicted molar refractivity (Wildman–Crippen MR) is 138 cm³/mol. The Hall–Kier alpha value is -3.90. The van der Waals surface area contributed by atoms with Crippen molar-refractivity contribution in [3.63, 3.8) is 0 Å². The normalized spacial score (nSPS) is 13.6. The van der Waals surface area contributed by atoms with E-state index < -0.39 is 0 Å². The Morgan fingerprint density at radius 3 is 2.62 bits per heavy atom. The highest BCUT2D eigenvalue weighted by atomic mass is 32.1. The quantitative estimate of drug-likeness (QED) is 0.357. The molecule has 0 atom stereocenters. The second-order valence-electron chi connectivity index (χ2n) is 8.58. The van der Waals surface area contributed by atoms with Gasteiger partial charge in [0.05, 0.1) is 23.4 Å². The summed E-state index contributed by atoms with van der Waals surface area (Å²) >= 11 is 1.57. The molecule has 5 aromatic rings. The average Bonchev–Trinajstić information content (AvgIpc) is 3.52. The summed E-state index contributed by atoms with van der Waals surface area (Å²) in [4.78, 5) is 26.1. The van der Waals surface area contributed by atoms with E-state index in [2.05, 4.69) is 69.5 Å². The molecule has 1 aliphatic rings. The maximum Gasteiger partial charge on any atom is 0.264 e. The first-order chi connectivity index (χ1) is 16.7. The van der Waals surface area contributed by atoms with Gasteiger partial charge in [-0.15, -0.1) is 11.3 Å². The van der Waals surface area contributed by atoms with E-state index in [1.54, 1.807) is 17.7 Å². The molecule has 0 saturated carbocycles. The third-order valence-corrected chi connectivity index (χ3v) is 7.47. The van der Waals surface area contributed by atoms with Gasteiger partial charge in [0, 0.05) is 36.2 Å². The second kappa shape index (κ2) is 8.80. The number of anilines is 1. The van der Waals surface area contributed by atoms with Crippen LogP contribution in [0.2, 0.25) is 0 Å². The molecule has 168 valence electrons. The van der Waals surface area contributed by atoms with Crippen molar-refractivity contribution in [2.75, 3.05) is 18.0 Å². The summed E-state index contributed by atoms with van der Waals surface area (Å²) in [6.07, 6.45) is 3.58. The summed E-state index contributed by atoms with van der Waals surface area (Å²) in [7, 11) is 0. The third-order valence-electron chi connectivity index (χ3n) is 6.37. The third kappa shape index (κ3) is 3.97. The van der Waals surface area contributed by atoms with Crippen LogP contribution in [-0.2, 0) is 13.1 Å². The van der Waals surface area contributed by atoms with Crippen LogP contribution in [0.4, 0.5) is 5.69 Å². The number of rotatable bonds is 4. The van der Waals surface area contributed by atoms with Gasteiger partial charge in [-0.2, -0.15) is 0 Å². The van der Waals surface area contributed by atoms with E-state index in [4.69, 9.17) is 0 Å². The minimum atomic E-state index is 0.0978. The SMILES string of the molecule is O=C(c1cc2ccccc2s1)N1CCN(Cc2cnc[nH]2)c2ccc(-c3ccccc3)cc2C1. The van der Waals surface area contributed by atoms with Gasteiger partial charge in [0.1, 0.15) is 0 Å². The first-order valence-electron chi connectivity index (χ1n) is 11.4. The van der Waals surface area contributed by atoms with Crippen molar-refractivity contribution >= 4 is 33.0 Å². The van der Waals surface area contributed by atoms with E-state index in [1.165, 1.54) is 11.3 Å². The molecule has 34 heavy (non-hydrogen) atoms. The van der Waals surface area contributed by atoms with E-state index in [9.17, 15) is 4.79 Å². The molecular weight excluding hydrogens is 440 g/mol. The number of hydrogen-bond donors (Lipinski definition) is 1. The summed E-state index contributed by atoms with van der Waals surface area (Å²) in [5.41, 5.74) is 5.73. The minimum Gasteiger partial charge on any atom is -0.364 e. The van der Waals surface area contributed by atoms with E-state index in [0.29, 0.717) is 13.1 Å². The number of aromatic nitrogens is 2. The van der Waals surface area contributed by atoms with E-state index >= 15 is 0 Å². The molecule has 0 aliphatic carbocycles. The molecule has 5 nitrogen and oxygen atoms in total. The number of benzene rings is 3. The fraction of sp³-hybridized carbons (Fsp3) is 0.143. The highest BCUT2D eigenvalue weighted by Crippen LogP contribution is 2.33. The van der Waals surface area contributed by atoms with Crippen molar-refractivity contribution in [1.29, 1.82) is 0 Å². The lowest BCUT2D eigenvalue weighted by Gasteiger charge is -2.24. The number of hydrogen-bond acceptors (Lipinski definition) is 4. The van der Waals surface area contributed by atoms with Gasteiger partial charge in [-0.05, 0) is 46.3 Å². The summed E-state index contributed by atoms with van der Waals surface area (Å²) < 4.78 is 1.15. The number of aromatic amines is 1. The summed E-state index contributed by atoms with van der Waals surface area (Å²) in [6.45, 7) is 2.73. The first-order valence-corrected chi connectivity index (χ1v) is 12.2. The van der Waals surface area contributed by atoms with Gasteiger partial charge in [0.25, 0.3) is 5.91 Å². The highest BCUT2D eigenvalue weighted by molar-refractivity contribution is 7.20.